The van der Waals surface area contributed by atoms with Crippen LogP contribution < -0.4 is 0 Å². The van der Waals surface area contributed by atoms with Crippen LogP contribution in [0.3, 0.4) is 0 Å². The van der Waals surface area contributed by atoms with Gasteiger partial charge in [-0.25, -0.2) is 4.79 Å². The quantitative estimate of drug-likeness (QED) is 0.497. The lowest BCUT2D eigenvalue weighted by Crippen LogP contribution is -2.00. The third kappa shape index (κ3) is 5.71. The van der Waals surface area contributed by atoms with Crippen LogP contribution in [0, 0.1) is 23.7 Å². The SMILES string of the molecule is COC(=O)c1ccc(C#CCOCC#Cc2ccccc2)cc1. The molecule has 0 amide bonds. The zero-order valence-electron chi connectivity index (χ0n) is 12.8. The number of carbonyl (C=O) groups excluding carboxylic acids is 1. The van der Waals surface area contributed by atoms with Crippen LogP contribution >= 0.6 is 0 Å². The van der Waals surface area contributed by atoms with E-state index < -0.39 is 0 Å². The normalized spacial score (nSPS) is 9.09. The van der Waals surface area contributed by atoms with Gasteiger partial charge in [0.15, 0.2) is 0 Å². The average Bonchev–Trinajstić information content (AvgIpc) is 2.61. The molecular formula is C20H16O3. The Morgan fingerprint density at radius 2 is 1.43 bits per heavy atom. The van der Waals surface area contributed by atoms with Crippen molar-refractivity contribution in [1.29, 1.82) is 0 Å². The minimum absolute atomic E-state index is 0.308. The van der Waals surface area contributed by atoms with Crippen LogP contribution in [0.4, 0.5) is 0 Å². The summed E-state index contributed by atoms with van der Waals surface area (Å²) in [6.07, 6.45) is 0. The Balaban J connectivity index is 1.76. The van der Waals surface area contributed by atoms with Crippen LogP contribution in [0.1, 0.15) is 21.5 Å². The van der Waals surface area contributed by atoms with Crippen molar-refractivity contribution in [2.45, 2.75) is 0 Å². The molecule has 3 nitrogen and oxygen atoms in total. The van der Waals surface area contributed by atoms with Gasteiger partial charge < -0.3 is 9.47 Å². The fourth-order valence-electron chi connectivity index (χ4n) is 1.76. The molecule has 0 spiro atoms. The topological polar surface area (TPSA) is 35.5 Å². The molecule has 2 aromatic carbocycles. The highest BCUT2D eigenvalue weighted by Crippen LogP contribution is 2.04. The second-order valence-corrected chi connectivity index (χ2v) is 4.53. The summed E-state index contributed by atoms with van der Waals surface area (Å²) in [4.78, 5) is 11.3. The van der Waals surface area contributed by atoms with E-state index in [2.05, 4.69) is 28.4 Å². The van der Waals surface area contributed by atoms with E-state index >= 15 is 0 Å². The lowest BCUT2D eigenvalue weighted by Gasteiger charge is -1.98. The van der Waals surface area contributed by atoms with Gasteiger partial charge >= 0.3 is 5.97 Å². The van der Waals surface area contributed by atoms with Gasteiger partial charge in [-0.05, 0) is 36.4 Å². The maximum Gasteiger partial charge on any atom is 0.337 e. The van der Waals surface area contributed by atoms with Crippen molar-refractivity contribution in [3.63, 3.8) is 0 Å². The van der Waals surface area contributed by atoms with Crippen molar-refractivity contribution in [1.82, 2.24) is 0 Å². The molecule has 0 aliphatic heterocycles. The smallest absolute Gasteiger partial charge is 0.337 e. The molecule has 0 radical (unpaired) electrons. The molecule has 0 N–H and O–H groups in total. The molecule has 0 aliphatic carbocycles. The maximum atomic E-state index is 11.3. The molecule has 0 aromatic heterocycles. The van der Waals surface area contributed by atoms with E-state index in [-0.39, 0.29) is 5.97 Å². The molecule has 0 fully saturated rings. The number of benzene rings is 2. The molecule has 0 saturated carbocycles. The standard InChI is InChI=1S/C20H16O3/c1-22-20(21)19-13-11-18(12-14-19)10-6-16-23-15-5-9-17-7-3-2-4-8-17/h2-4,7-8,11-14H,15-16H2,1H3. The average molecular weight is 304 g/mol. The minimum atomic E-state index is -0.357. The Morgan fingerprint density at radius 3 is 2.00 bits per heavy atom. The highest BCUT2D eigenvalue weighted by Gasteiger charge is 2.02. The molecule has 0 atom stereocenters. The molecule has 0 unspecified atom stereocenters. The van der Waals surface area contributed by atoms with Crippen LogP contribution in [-0.4, -0.2) is 26.3 Å². The van der Waals surface area contributed by atoms with Crippen LogP contribution in [0.2, 0.25) is 0 Å². The molecule has 2 aromatic rings. The van der Waals surface area contributed by atoms with Crippen molar-refractivity contribution in [3.05, 3.63) is 71.3 Å². The van der Waals surface area contributed by atoms with E-state index in [1.165, 1.54) is 7.11 Å². The van der Waals surface area contributed by atoms with Crippen LogP contribution in [-0.2, 0) is 9.47 Å². The first kappa shape index (κ1) is 16.4. The van der Waals surface area contributed by atoms with Gasteiger partial charge in [-0.15, -0.1) is 0 Å². The first-order valence-electron chi connectivity index (χ1n) is 7.08. The van der Waals surface area contributed by atoms with Crippen molar-refractivity contribution in [2.75, 3.05) is 20.3 Å². The first-order chi connectivity index (χ1) is 11.3. The van der Waals surface area contributed by atoms with E-state index in [1.807, 2.05) is 30.3 Å². The van der Waals surface area contributed by atoms with Gasteiger partial charge in [0.2, 0.25) is 0 Å². The number of ether oxygens (including phenoxy) is 2. The molecule has 2 rings (SSSR count). The number of esters is 1. The van der Waals surface area contributed by atoms with Gasteiger partial charge in [0.1, 0.15) is 13.2 Å². The summed E-state index contributed by atoms with van der Waals surface area (Å²) in [5, 5.41) is 0. The summed E-state index contributed by atoms with van der Waals surface area (Å²) < 4.78 is 9.97. The Kier molecular flexibility index (Phi) is 6.47. The monoisotopic (exact) mass is 304 g/mol. The van der Waals surface area contributed by atoms with E-state index in [9.17, 15) is 4.79 Å². The fourth-order valence-corrected chi connectivity index (χ4v) is 1.76. The van der Waals surface area contributed by atoms with Crippen LogP contribution in [0.5, 0.6) is 0 Å². The number of methoxy groups -OCH3 is 1. The van der Waals surface area contributed by atoms with Crippen molar-refractivity contribution >= 4 is 5.97 Å². The second kappa shape index (κ2) is 9.10. The van der Waals surface area contributed by atoms with Gasteiger partial charge in [0, 0.05) is 11.1 Å². The summed E-state index contributed by atoms with van der Waals surface area (Å²) >= 11 is 0. The Labute approximate surface area is 136 Å². The molecule has 114 valence electrons. The van der Waals surface area contributed by atoms with E-state index in [0.717, 1.165) is 11.1 Å². The maximum absolute atomic E-state index is 11.3. The zero-order chi connectivity index (χ0) is 16.3. The third-order valence-corrected chi connectivity index (χ3v) is 2.89. The van der Waals surface area contributed by atoms with Gasteiger partial charge in [-0.3, -0.25) is 0 Å². The van der Waals surface area contributed by atoms with Gasteiger partial charge in [0.05, 0.1) is 12.7 Å². The van der Waals surface area contributed by atoms with E-state index in [4.69, 9.17) is 4.74 Å². The molecule has 23 heavy (non-hydrogen) atoms. The summed E-state index contributed by atoms with van der Waals surface area (Å²) in [6.45, 7) is 0.646. The summed E-state index contributed by atoms with van der Waals surface area (Å²) in [5.74, 6) is 11.5. The molecular weight excluding hydrogens is 288 g/mol. The summed E-state index contributed by atoms with van der Waals surface area (Å²) in [5.41, 5.74) is 2.29. The minimum Gasteiger partial charge on any atom is -0.465 e. The molecule has 0 bridgehead atoms. The fraction of sp³-hybridized carbons (Fsp3) is 0.150. The predicted octanol–water partition coefficient (Wildman–Crippen LogP) is 2.89. The molecule has 0 aliphatic rings. The number of hydrogen-bond donors (Lipinski definition) is 0. The lowest BCUT2D eigenvalue weighted by atomic mass is 10.1. The first-order valence-corrected chi connectivity index (χ1v) is 7.08. The summed E-state index contributed by atoms with van der Waals surface area (Å²) in [6, 6.07) is 16.7. The van der Waals surface area contributed by atoms with Crippen molar-refractivity contribution < 1.29 is 14.3 Å². The van der Waals surface area contributed by atoms with E-state index in [0.29, 0.717) is 18.8 Å². The van der Waals surface area contributed by atoms with E-state index in [1.54, 1.807) is 24.3 Å². The van der Waals surface area contributed by atoms with Gasteiger partial charge in [-0.2, -0.15) is 0 Å². The molecule has 0 saturated heterocycles. The second-order valence-electron chi connectivity index (χ2n) is 4.53. The largest absolute Gasteiger partial charge is 0.465 e. The predicted molar refractivity (Wildman–Crippen MR) is 88.8 cm³/mol. The van der Waals surface area contributed by atoms with Gasteiger partial charge in [-0.1, -0.05) is 41.9 Å². The number of hydrogen-bond acceptors (Lipinski definition) is 3. The molecule has 0 heterocycles. The van der Waals surface area contributed by atoms with Crippen LogP contribution in [0.15, 0.2) is 54.6 Å². The Hall–Kier alpha value is -3.01. The Morgan fingerprint density at radius 1 is 0.870 bits per heavy atom. The summed E-state index contributed by atoms with van der Waals surface area (Å²) in [7, 11) is 1.36. The third-order valence-electron chi connectivity index (χ3n) is 2.89. The highest BCUT2D eigenvalue weighted by atomic mass is 16.5. The Bertz CT molecular complexity index is 754. The zero-order valence-corrected chi connectivity index (χ0v) is 12.8. The molecule has 3 heteroatoms. The van der Waals surface area contributed by atoms with Crippen molar-refractivity contribution in [3.8, 4) is 23.7 Å². The number of rotatable bonds is 3. The van der Waals surface area contributed by atoms with Crippen LogP contribution in [0.25, 0.3) is 0 Å². The number of carbonyl (C=O) groups is 1. The van der Waals surface area contributed by atoms with Gasteiger partial charge in [0.25, 0.3) is 0 Å². The highest BCUT2D eigenvalue weighted by molar-refractivity contribution is 5.89. The van der Waals surface area contributed by atoms with Crippen molar-refractivity contribution in [2.24, 2.45) is 0 Å². The lowest BCUT2D eigenvalue weighted by molar-refractivity contribution is 0.0600.